The molecule has 27 heavy (non-hydrogen) atoms. The Balaban J connectivity index is 1.97. The smallest absolute Gasteiger partial charge is 0.319 e. The highest BCUT2D eigenvalue weighted by Crippen LogP contribution is 2.13. The molecule has 0 aliphatic heterocycles. The second-order valence-corrected chi connectivity index (χ2v) is 6.39. The van der Waals surface area contributed by atoms with E-state index in [2.05, 4.69) is 10.6 Å². The van der Waals surface area contributed by atoms with E-state index in [1.54, 1.807) is 24.3 Å². The SMILES string of the molecule is COC(=O)C(CNC(=O)Nc1cccc(C(C)=O)c1)Cc1cccc(C)c1. The van der Waals surface area contributed by atoms with Gasteiger partial charge < -0.3 is 15.4 Å². The van der Waals surface area contributed by atoms with Gasteiger partial charge in [-0.2, -0.15) is 0 Å². The number of Topliss-reactive ketones (excluding diaryl/α,β-unsaturated/α-hetero) is 1. The summed E-state index contributed by atoms with van der Waals surface area (Å²) in [6.07, 6.45) is 0.467. The van der Waals surface area contributed by atoms with Crippen molar-refractivity contribution in [1.82, 2.24) is 5.32 Å². The molecule has 142 valence electrons. The quantitative estimate of drug-likeness (QED) is 0.580. The van der Waals surface area contributed by atoms with Gasteiger partial charge in [0.15, 0.2) is 5.78 Å². The van der Waals surface area contributed by atoms with Crippen LogP contribution in [0.5, 0.6) is 0 Å². The lowest BCUT2D eigenvalue weighted by atomic mass is 9.98. The van der Waals surface area contributed by atoms with Crippen LogP contribution >= 0.6 is 0 Å². The van der Waals surface area contributed by atoms with Crippen molar-refractivity contribution in [3.05, 3.63) is 65.2 Å². The second-order valence-electron chi connectivity index (χ2n) is 6.39. The molecule has 2 amide bonds. The number of hydrogen-bond acceptors (Lipinski definition) is 4. The molecule has 6 heteroatoms. The maximum atomic E-state index is 12.2. The van der Waals surface area contributed by atoms with Crippen LogP contribution in [0.25, 0.3) is 0 Å². The molecule has 2 aromatic carbocycles. The molecule has 0 aliphatic carbocycles. The number of urea groups is 1. The first-order valence-electron chi connectivity index (χ1n) is 8.68. The van der Waals surface area contributed by atoms with Crippen LogP contribution in [0.3, 0.4) is 0 Å². The highest BCUT2D eigenvalue weighted by atomic mass is 16.5. The van der Waals surface area contributed by atoms with Crippen molar-refractivity contribution in [1.29, 1.82) is 0 Å². The zero-order valence-corrected chi connectivity index (χ0v) is 15.7. The summed E-state index contributed by atoms with van der Waals surface area (Å²) in [6, 6.07) is 14.1. The number of carbonyl (C=O) groups is 3. The summed E-state index contributed by atoms with van der Waals surface area (Å²) in [4.78, 5) is 35.6. The van der Waals surface area contributed by atoms with Crippen LogP contribution in [-0.4, -0.2) is 31.4 Å². The van der Waals surface area contributed by atoms with Crippen LogP contribution in [-0.2, 0) is 16.0 Å². The molecule has 0 radical (unpaired) electrons. The molecular formula is C21H24N2O4. The number of rotatable bonds is 7. The first-order chi connectivity index (χ1) is 12.9. The third-order valence-corrected chi connectivity index (χ3v) is 4.14. The summed E-state index contributed by atoms with van der Waals surface area (Å²) >= 11 is 0. The minimum Gasteiger partial charge on any atom is -0.469 e. The molecule has 1 atom stereocenters. The summed E-state index contributed by atoms with van der Waals surface area (Å²) in [7, 11) is 1.33. The Labute approximate surface area is 158 Å². The Morgan fingerprint density at radius 3 is 2.48 bits per heavy atom. The van der Waals surface area contributed by atoms with E-state index in [4.69, 9.17) is 4.74 Å². The molecule has 0 saturated heterocycles. The molecule has 0 heterocycles. The highest BCUT2D eigenvalue weighted by molar-refractivity contribution is 5.96. The summed E-state index contributed by atoms with van der Waals surface area (Å²) in [6.45, 7) is 3.59. The number of amides is 2. The van der Waals surface area contributed by atoms with Crippen LogP contribution in [0.4, 0.5) is 10.5 Å². The molecule has 2 N–H and O–H groups in total. The van der Waals surface area contributed by atoms with Crippen LogP contribution in [0.15, 0.2) is 48.5 Å². The molecule has 2 aromatic rings. The van der Waals surface area contributed by atoms with Gasteiger partial charge in [0, 0.05) is 17.8 Å². The largest absolute Gasteiger partial charge is 0.469 e. The van der Waals surface area contributed by atoms with Crippen molar-refractivity contribution in [2.75, 3.05) is 19.0 Å². The normalized spacial score (nSPS) is 11.4. The first-order valence-corrected chi connectivity index (χ1v) is 8.68. The zero-order valence-electron chi connectivity index (χ0n) is 15.7. The molecule has 6 nitrogen and oxygen atoms in total. The van der Waals surface area contributed by atoms with Crippen molar-refractivity contribution in [2.24, 2.45) is 5.92 Å². The summed E-state index contributed by atoms with van der Waals surface area (Å²) < 4.78 is 4.86. The second kappa shape index (κ2) is 9.52. The number of benzene rings is 2. The minimum atomic E-state index is -0.494. The van der Waals surface area contributed by atoms with E-state index >= 15 is 0 Å². The Morgan fingerprint density at radius 2 is 1.81 bits per heavy atom. The summed E-state index contributed by atoms with van der Waals surface area (Å²) in [5, 5.41) is 5.36. The first kappa shape index (κ1) is 20.2. The van der Waals surface area contributed by atoms with Gasteiger partial charge in [0.05, 0.1) is 13.0 Å². The van der Waals surface area contributed by atoms with E-state index in [-0.39, 0.29) is 18.3 Å². The molecular weight excluding hydrogens is 344 g/mol. The number of esters is 1. The van der Waals surface area contributed by atoms with E-state index < -0.39 is 11.9 Å². The van der Waals surface area contributed by atoms with Crippen molar-refractivity contribution < 1.29 is 19.1 Å². The molecule has 0 bridgehead atoms. The molecule has 0 aliphatic rings. The van der Waals surface area contributed by atoms with Crippen LogP contribution < -0.4 is 10.6 Å². The number of anilines is 1. The standard InChI is InChI=1S/C21H24N2O4/c1-14-6-4-7-16(10-14)11-18(20(25)27-3)13-22-21(26)23-19-9-5-8-17(12-19)15(2)24/h4-10,12,18H,11,13H2,1-3H3,(H2,22,23,26). The number of methoxy groups -OCH3 is 1. The Hall–Kier alpha value is -3.15. The topological polar surface area (TPSA) is 84.5 Å². The van der Waals surface area contributed by atoms with Gasteiger partial charge in [-0.05, 0) is 38.0 Å². The van der Waals surface area contributed by atoms with Gasteiger partial charge >= 0.3 is 12.0 Å². The lowest BCUT2D eigenvalue weighted by Crippen LogP contribution is -2.37. The number of ketones is 1. The van der Waals surface area contributed by atoms with Gasteiger partial charge in [-0.1, -0.05) is 42.0 Å². The van der Waals surface area contributed by atoms with E-state index in [0.717, 1.165) is 11.1 Å². The Morgan fingerprint density at radius 1 is 1.07 bits per heavy atom. The lowest BCUT2D eigenvalue weighted by Gasteiger charge is -2.16. The average Bonchev–Trinajstić information content (AvgIpc) is 2.64. The monoisotopic (exact) mass is 368 g/mol. The van der Waals surface area contributed by atoms with Crippen molar-refractivity contribution in [3.8, 4) is 0 Å². The number of nitrogens with one attached hydrogen (secondary N) is 2. The van der Waals surface area contributed by atoms with Crippen molar-refractivity contribution >= 4 is 23.5 Å². The molecule has 0 fully saturated rings. The molecule has 0 spiro atoms. The van der Waals surface area contributed by atoms with Crippen LogP contribution in [0.1, 0.15) is 28.4 Å². The maximum absolute atomic E-state index is 12.2. The minimum absolute atomic E-state index is 0.0806. The average molecular weight is 368 g/mol. The summed E-state index contributed by atoms with van der Waals surface area (Å²) in [5.41, 5.74) is 3.13. The fraction of sp³-hybridized carbons (Fsp3) is 0.286. The fourth-order valence-corrected chi connectivity index (χ4v) is 2.74. The van der Waals surface area contributed by atoms with Gasteiger partial charge in [0.25, 0.3) is 0 Å². The molecule has 0 saturated carbocycles. The Bertz CT molecular complexity index is 832. The number of ether oxygens (including phenoxy) is 1. The summed E-state index contributed by atoms with van der Waals surface area (Å²) in [5.74, 6) is -0.954. The number of hydrogen-bond donors (Lipinski definition) is 2. The lowest BCUT2D eigenvalue weighted by molar-refractivity contribution is -0.145. The van der Waals surface area contributed by atoms with Gasteiger partial charge in [-0.3, -0.25) is 9.59 Å². The third-order valence-electron chi connectivity index (χ3n) is 4.14. The number of aryl methyl sites for hydroxylation is 1. The predicted molar refractivity (Wildman–Crippen MR) is 104 cm³/mol. The third kappa shape index (κ3) is 6.26. The van der Waals surface area contributed by atoms with Crippen molar-refractivity contribution in [3.63, 3.8) is 0 Å². The predicted octanol–water partition coefficient (Wildman–Crippen LogP) is 3.35. The van der Waals surface area contributed by atoms with E-state index in [1.807, 2.05) is 31.2 Å². The van der Waals surface area contributed by atoms with Crippen molar-refractivity contribution in [2.45, 2.75) is 20.3 Å². The highest BCUT2D eigenvalue weighted by Gasteiger charge is 2.20. The van der Waals surface area contributed by atoms with Crippen LogP contribution in [0, 0.1) is 12.8 Å². The van der Waals surface area contributed by atoms with Gasteiger partial charge in [-0.25, -0.2) is 4.79 Å². The van der Waals surface area contributed by atoms with E-state index in [0.29, 0.717) is 17.7 Å². The number of carbonyl (C=O) groups excluding carboxylic acids is 3. The molecule has 2 rings (SSSR count). The van der Waals surface area contributed by atoms with Gasteiger partial charge in [-0.15, -0.1) is 0 Å². The molecule has 0 aromatic heterocycles. The van der Waals surface area contributed by atoms with Gasteiger partial charge in [0.1, 0.15) is 0 Å². The Kier molecular flexibility index (Phi) is 7.11. The maximum Gasteiger partial charge on any atom is 0.319 e. The zero-order chi connectivity index (χ0) is 19.8. The fourth-order valence-electron chi connectivity index (χ4n) is 2.74. The molecule has 1 unspecified atom stereocenters. The van der Waals surface area contributed by atoms with Gasteiger partial charge in [0.2, 0.25) is 0 Å². The van der Waals surface area contributed by atoms with E-state index in [1.165, 1.54) is 14.0 Å². The van der Waals surface area contributed by atoms with E-state index in [9.17, 15) is 14.4 Å². The van der Waals surface area contributed by atoms with Crippen LogP contribution in [0.2, 0.25) is 0 Å².